The van der Waals surface area contributed by atoms with E-state index in [1.165, 1.54) is 0 Å². The molecule has 0 aliphatic carbocycles. The first-order chi connectivity index (χ1) is 6.70. The lowest BCUT2D eigenvalue weighted by atomic mass is 9.95. The minimum atomic E-state index is 0.0306. The van der Waals surface area contributed by atoms with Gasteiger partial charge >= 0.3 is 0 Å². The third-order valence-corrected chi connectivity index (χ3v) is 2.52. The zero-order valence-corrected chi connectivity index (χ0v) is 8.50. The molecule has 1 aromatic heterocycles. The number of hydrogen-bond donors (Lipinski definition) is 1. The highest BCUT2D eigenvalue weighted by Crippen LogP contribution is 2.22. The van der Waals surface area contributed by atoms with E-state index in [1.54, 1.807) is 6.20 Å². The van der Waals surface area contributed by atoms with E-state index >= 15 is 0 Å². The molecule has 0 spiro atoms. The molecule has 3 heteroatoms. The number of fused-ring (bicyclic) bond motifs is 1. The van der Waals surface area contributed by atoms with Crippen molar-refractivity contribution in [3.8, 4) is 0 Å². The number of carbonyl (C=O) groups is 1. The molecule has 1 N–H and O–H groups in total. The summed E-state index contributed by atoms with van der Waals surface area (Å²) in [6.07, 6.45) is 2.72. The minimum Gasteiger partial charge on any atom is -0.352 e. The molecule has 0 unspecified atom stereocenters. The first-order valence-electron chi connectivity index (χ1n) is 4.96. The van der Waals surface area contributed by atoms with Crippen molar-refractivity contribution in [3.05, 3.63) is 29.1 Å². The van der Waals surface area contributed by atoms with Crippen LogP contribution in [0.5, 0.6) is 0 Å². The molecule has 0 bridgehead atoms. The van der Waals surface area contributed by atoms with Gasteiger partial charge in [-0.1, -0.05) is 13.8 Å². The fraction of sp³-hybridized carbons (Fsp3) is 0.455. The maximum Gasteiger partial charge on any atom is 0.253 e. The Hall–Kier alpha value is -1.38. The van der Waals surface area contributed by atoms with Gasteiger partial charge in [-0.3, -0.25) is 9.78 Å². The number of nitrogens with one attached hydrogen (secondary N) is 1. The average molecular weight is 190 g/mol. The van der Waals surface area contributed by atoms with E-state index in [-0.39, 0.29) is 5.91 Å². The van der Waals surface area contributed by atoms with Crippen LogP contribution in [0.2, 0.25) is 0 Å². The minimum absolute atomic E-state index is 0.0306. The number of hydrogen-bond acceptors (Lipinski definition) is 2. The topological polar surface area (TPSA) is 42.0 Å². The van der Waals surface area contributed by atoms with Crippen molar-refractivity contribution in [2.45, 2.75) is 26.2 Å². The fourth-order valence-corrected chi connectivity index (χ4v) is 1.83. The van der Waals surface area contributed by atoms with Crippen LogP contribution in [0.15, 0.2) is 12.3 Å². The fourth-order valence-electron chi connectivity index (χ4n) is 1.83. The van der Waals surface area contributed by atoms with Crippen LogP contribution in [0, 0.1) is 0 Å². The first-order valence-corrected chi connectivity index (χ1v) is 4.96. The Kier molecular flexibility index (Phi) is 2.23. The molecule has 0 aromatic carbocycles. The Morgan fingerprint density at radius 2 is 2.29 bits per heavy atom. The first kappa shape index (κ1) is 9.19. The van der Waals surface area contributed by atoms with Gasteiger partial charge in [0.25, 0.3) is 5.91 Å². The standard InChI is InChI=1S/C11H14N2O/c1-7(2)10-9-8(3-5-12-10)4-6-13-11(9)14/h3,5,7H,4,6H2,1-2H3,(H,13,14). The number of rotatable bonds is 1. The molecule has 1 aromatic rings. The summed E-state index contributed by atoms with van der Waals surface area (Å²) >= 11 is 0. The van der Waals surface area contributed by atoms with Crippen LogP contribution in [-0.4, -0.2) is 17.4 Å². The van der Waals surface area contributed by atoms with Crippen LogP contribution in [0.1, 0.15) is 41.4 Å². The van der Waals surface area contributed by atoms with E-state index in [9.17, 15) is 4.79 Å². The SMILES string of the molecule is CC(C)c1nccc2c1C(=O)NCC2. The van der Waals surface area contributed by atoms with E-state index in [4.69, 9.17) is 0 Å². The van der Waals surface area contributed by atoms with Crippen LogP contribution in [0.4, 0.5) is 0 Å². The summed E-state index contributed by atoms with van der Waals surface area (Å²) in [5, 5.41) is 2.85. The van der Waals surface area contributed by atoms with Gasteiger partial charge in [0.05, 0.1) is 11.3 Å². The van der Waals surface area contributed by atoms with Gasteiger partial charge in [-0.15, -0.1) is 0 Å². The zero-order chi connectivity index (χ0) is 10.1. The summed E-state index contributed by atoms with van der Waals surface area (Å²) in [7, 11) is 0. The molecule has 0 radical (unpaired) electrons. The molecule has 74 valence electrons. The molecule has 2 heterocycles. The van der Waals surface area contributed by atoms with Gasteiger partial charge in [0.2, 0.25) is 0 Å². The maximum absolute atomic E-state index is 11.7. The number of pyridine rings is 1. The lowest BCUT2D eigenvalue weighted by molar-refractivity contribution is 0.0944. The second kappa shape index (κ2) is 3.40. The molecule has 0 saturated carbocycles. The van der Waals surface area contributed by atoms with Gasteiger partial charge in [0.15, 0.2) is 0 Å². The smallest absolute Gasteiger partial charge is 0.253 e. The van der Waals surface area contributed by atoms with Crippen molar-refractivity contribution in [2.75, 3.05) is 6.54 Å². The van der Waals surface area contributed by atoms with Gasteiger partial charge < -0.3 is 5.32 Å². The van der Waals surface area contributed by atoms with E-state index in [0.717, 1.165) is 29.8 Å². The molecule has 2 rings (SSSR count). The summed E-state index contributed by atoms with van der Waals surface area (Å²) in [6, 6.07) is 1.94. The predicted octanol–water partition coefficient (Wildman–Crippen LogP) is 1.49. The molecule has 0 fully saturated rings. The van der Waals surface area contributed by atoms with E-state index in [0.29, 0.717) is 5.92 Å². The molecule has 3 nitrogen and oxygen atoms in total. The molecule has 1 amide bonds. The summed E-state index contributed by atoms with van der Waals surface area (Å²) in [4.78, 5) is 15.9. The normalized spacial score (nSPS) is 15.2. The van der Waals surface area contributed by atoms with Crippen LogP contribution in [0.3, 0.4) is 0 Å². The third kappa shape index (κ3) is 1.39. The summed E-state index contributed by atoms with van der Waals surface area (Å²) < 4.78 is 0. The molecule has 14 heavy (non-hydrogen) atoms. The van der Waals surface area contributed by atoms with Crippen molar-refractivity contribution in [1.29, 1.82) is 0 Å². The Morgan fingerprint density at radius 1 is 1.50 bits per heavy atom. The van der Waals surface area contributed by atoms with Crippen molar-refractivity contribution in [1.82, 2.24) is 10.3 Å². The molecule has 0 saturated heterocycles. The highest BCUT2D eigenvalue weighted by atomic mass is 16.1. The van der Waals surface area contributed by atoms with Gasteiger partial charge in [0.1, 0.15) is 0 Å². The maximum atomic E-state index is 11.7. The highest BCUT2D eigenvalue weighted by molar-refractivity contribution is 5.97. The van der Waals surface area contributed by atoms with E-state index in [2.05, 4.69) is 24.1 Å². The second-order valence-electron chi connectivity index (χ2n) is 3.89. The lowest BCUT2D eigenvalue weighted by Gasteiger charge is -2.20. The van der Waals surface area contributed by atoms with E-state index < -0.39 is 0 Å². The van der Waals surface area contributed by atoms with Crippen molar-refractivity contribution in [3.63, 3.8) is 0 Å². The predicted molar refractivity (Wildman–Crippen MR) is 54.4 cm³/mol. The monoisotopic (exact) mass is 190 g/mol. The summed E-state index contributed by atoms with van der Waals surface area (Å²) in [5.41, 5.74) is 2.85. The number of aromatic nitrogens is 1. The third-order valence-electron chi connectivity index (χ3n) is 2.52. The molecular weight excluding hydrogens is 176 g/mol. The van der Waals surface area contributed by atoms with Crippen molar-refractivity contribution >= 4 is 5.91 Å². The summed E-state index contributed by atoms with van der Waals surface area (Å²) in [6.45, 7) is 4.86. The number of carbonyl (C=O) groups excluding carboxylic acids is 1. The van der Waals surface area contributed by atoms with Gasteiger partial charge in [-0.2, -0.15) is 0 Å². The Balaban J connectivity index is 2.57. The Bertz CT molecular complexity index is 372. The lowest BCUT2D eigenvalue weighted by Crippen LogP contribution is -2.33. The highest BCUT2D eigenvalue weighted by Gasteiger charge is 2.22. The second-order valence-corrected chi connectivity index (χ2v) is 3.89. The van der Waals surface area contributed by atoms with Crippen molar-refractivity contribution in [2.24, 2.45) is 0 Å². The zero-order valence-electron chi connectivity index (χ0n) is 8.50. The van der Waals surface area contributed by atoms with Gasteiger partial charge in [-0.05, 0) is 24.0 Å². The van der Waals surface area contributed by atoms with E-state index in [1.807, 2.05) is 6.07 Å². The van der Waals surface area contributed by atoms with Crippen LogP contribution < -0.4 is 5.32 Å². The Morgan fingerprint density at radius 3 is 3.00 bits per heavy atom. The van der Waals surface area contributed by atoms with Gasteiger partial charge in [0, 0.05) is 12.7 Å². The number of nitrogens with zero attached hydrogens (tertiary/aromatic N) is 1. The molecule has 0 atom stereocenters. The summed E-state index contributed by atoms with van der Waals surface area (Å²) in [5.74, 6) is 0.330. The van der Waals surface area contributed by atoms with Crippen molar-refractivity contribution < 1.29 is 4.79 Å². The molecule has 1 aliphatic rings. The van der Waals surface area contributed by atoms with Crippen LogP contribution in [0.25, 0.3) is 0 Å². The number of amides is 1. The quantitative estimate of drug-likeness (QED) is 0.729. The van der Waals surface area contributed by atoms with Crippen LogP contribution >= 0.6 is 0 Å². The molecule has 1 aliphatic heterocycles. The van der Waals surface area contributed by atoms with Crippen LogP contribution in [-0.2, 0) is 6.42 Å². The molecular formula is C11H14N2O. The van der Waals surface area contributed by atoms with Gasteiger partial charge in [-0.25, -0.2) is 0 Å². The average Bonchev–Trinajstić information content (AvgIpc) is 2.17. The Labute approximate surface area is 83.5 Å². The largest absolute Gasteiger partial charge is 0.352 e.